The van der Waals surface area contributed by atoms with E-state index in [4.69, 9.17) is 16.3 Å². The van der Waals surface area contributed by atoms with Gasteiger partial charge in [-0.3, -0.25) is 4.79 Å². The van der Waals surface area contributed by atoms with Crippen molar-refractivity contribution in [1.82, 2.24) is 5.32 Å². The maximum Gasteiger partial charge on any atom is 0.330 e. The molecule has 0 radical (unpaired) electrons. The molecule has 1 aliphatic rings. The van der Waals surface area contributed by atoms with Gasteiger partial charge >= 0.3 is 5.97 Å². The van der Waals surface area contributed by atoms with Crippen molar-refractivity contribution in [2.45, 2.75) is 44.6 Å². The van der Waals surface area contributed by atoms with Gasteiger partial charge in [0.2, 0.25) is 5.91 Å². The lowest BCUT2D eigenvalue weighted by Crippen LogP contribution is -2.33. The van der Waals surface area contributed by atoms with Gasteiger partial charge in [0.25, 0.3) is 0 Å². The number of benzene rings is 1. The molecule has 2 N–H and O–H groups in total. The summed E-state index contributed by atoms with van der Waals surface area (Å²) < 4.78 is 5.05. The van der Waals surface area contributed by atoms with Crippen LogP contribution in [0.1, 0.15) is 50.1 Å². The number of aliphatic carboxylic acids is 1. The number of nitrogens with one attached hydrogen (secondary N) is 1. The first-order valence-electron chi connectivity index (χ1n) is 7.87. The lowest BCUT2D eigenvalue weighted by atomic mass is 10.0. The highest BCUT2D eigenvalue weighted by Crippen LogP contribution is 2.29. The smallest absolute Gasteiger partial charge is 0.330 e. The Morgan fingerprint density at radius 2 is 2.09 bits per heavy atom. The van der Waals surface area contributed by atoms with Gasteiger partial charge < -0.3 is 15.2 Å². The Balaban J connectivity index is 1.99. The van der Waals surface area contributed by atoms with Crippen LogP contribution in [-0.4, -0.2) is 24.1 Å². The molecule has 1 saturated carbocycles. The van der Waals surface area contributed by atoms with Crippen LogP contribution in [0.2, 0.25) is 5.02 Å². The predicted molar refractivity (Wildman–Crippen MR) is 87.7 cm³/mol. The lowest BCUT2D eigenvalue weighted by molar-refractivity contribution is -0.142. The van der Waals surface area contributed by atoms with E-state index in [-0.39, 0.29) is 5.91 Å². The highest BCUT2D eigenvalue weighted by atomic mass is 35.5. The van der Waals surface area contributed by atoms with Gasteiger partial charge in [0.1, 0.15) is 5.75 Å². The third-order valence-electron chi connectivity index (χ3n) is 4.32. The second-order valence-corrected chi connectivity index (χ2v) is 6.33. The second-order valence-electron chi connectivity index (χ2n) is 5.92. The van der Waals surface area contributed by atoms with E-state index in [1.807, 2.05) is 0 Å². The van der Waals surface area contributed by atoms with Gasteiger partial charge in [-0.05, 0) is 30.0 Å². The summed E-state index contributed by atoms with van der Waals surface area (Å²) in [6.45, 7) is 0. The molecule has 1 amide bonds. The summed E-state index contributed by atoms with van der Waals surface area (Å²) in [5.41, 5.74) is 0.428. The molecule has 1 unspecified atom stereocenters. The number of amides is 1. The van der Waals surface area contributed by atoms with E-state index in [9.17, 15) is 14.7 Å². The molecular formula is C17H22ClNO4. The summed E-state index contributed by atoms with van der Waals surface area (Å²) >= 11 is 6.03. The molecule has 0 spiro atoms. The topological polar surface area (TPSA) is 75.6 Å². The van der Waals surface area contributed by atoms with Gasteiger partial charge in [-0.1, -0.05) is 43.4 Å². The van der Waals surface area contributed by atoms with Gasteiger partial charge in [0, 0.05) is 6.42 Å². The van der Waals surface area contributed by atoms with Crippen LogP contribution in [0.15, 0.2) is 18.2 Å². The standard InChI is InChI=1S/C17H22ClNO4/c1-23-14-8-7-12(10-13(14)18)16(17(21)22)19-15(20)9-6-11-4-2-3-5-11/h7-8,10-11,16H,2-6,9H2,1H3,(H,19,20)(H,21,22). The second kappa shape index (κ2) is 8.20. The fourth-order valence-electron chi connectivity index (χ4n) is 3.02. The Hall–Kier alpha value is -1.75. The zero-order chi connectivity index (χ0) is 16.8. The normalized spacial score (nSPS) is 16.1. The van der Waals surface area contributed by atoms with E-state index >= 15 is 0 Å². The van der Waals surface area contributed by atoms with Crippen molar-refractivity contribution in [3.8, 4) is 5.75 Å². The number of carbonyl (C=O) groups excluding carboxylic acids is 1. The summed E-state index contributed by atoms with van der Waals surface area (Å²) in [4.78, 5) is 23.5. The Kier molecular flexibility index (Phi) is 6.28. The van der Waals surface area contributed by atoms with Gasteiger partial charge in [-0.15, -0.1) is 0 Å². The molecule has 0 heterocycles. The summed E-state index contributed by atoms with van der Waals surface area (Å²) in [6, 6.07) is 3.60. The van der Waals surface area contributed by atoms with E-state index in [1.54, 1.807) is 12.1 Å². The number of hydrogen-bond acceptors (Lipinski definition) is 3. The van der Waals surface area contributed by atoms with Gasteiger partial charge in [-0.25, -0.2) is 4.79 Å². The van der Waals surface area contributed by atoms with Gasteiger partial charge in [0.05, 0.1) is 12.1 Å². The van der Waals surface area contributed by atoms with Crippen LogP contribution >= 0.6 is 11.6 Å². The quantitative estimate of drug-likeness (QED) is 0.796. The van der Waals surface area contributed by atoms with E-state index in [2.05, 4.69) is 5.32 Å². The Bertz CT molecular complexity index is 570. The van der Waals surface area contributed by atoms with Crippen molar-refractivity contribution in [2.75, 3.05) is 7.11 Å². The summed E-state index contributed by atoms with van der Waals surface area (Å²) in [6.07, 6.45) is 5.98. The van der Waals surface area contributed by atoms with Crippen LogP contribution < -0.4 is 10.1 Å². The van der Waals surface area contributed by atoms with Crippen molar-refractivity contribution >= 4 is 23.5 Å². The van der Waals surface area contributed by atoms with E-state index < -0.39 is 12.0 Å². The summed E-state index contributed by atoms with van der Waals surface area (Å²) in [7, 11) is 1.49. The average Bonchev–Trinajstić information content (AvgIpc) is 3.03. The maximum absolute atomic E-state index is 12.1. The van der Waals surface area contributed by atoms with Crippen molar-refractivity contribution in [3.63, 3.8) is 0 Å². The first-order chi connectivity index (χ1) is 11.0. The van der Waals surface area contributed by atoms with Gasteiger partial charge in [-0.2, -0.15) is 0 Å². The van der Waals surface area contributed by atoms with Crippen molar-refractivity contribution < 1.29 is 19.4 Å². The SMILES string of the molecule is COc1ccc(C(NC(=O)CCC2CCCC2)C(=O)O)cc1Cl. The van der Waals surface area contributed by atoms with E-state index in [0.29, 0.717) is 28.7 Å². The largest absolute Gasteiger partial charge is 0.495 e. The summed E-state index contributed by atoms with van der Waals surface area (Å²) in [5.74, 6) is -0.289. The number of ether oxygens (including phenoxy) is 1. The first kappa shape index (κ1) is 17.6. The molecule has 0 aromatic heterocycles. The fourth-order valence-corrected chi connectivity index (χ4v) is 3.28. The lowest BCUT2D eigenvalue weighted by Gasteiger charge is -2.17. The number of methoxy groups -OCH3 is 1. The molecule has 0 aliphatic heterocycles. The van der Waals surface area contributed by atoms with E-state index in [1.165, 1.54) is 38.9 Å². The fraction of sp³-hybridized carbons (Fsp3) is 0.529. The van der Waals surface area contributed by atoms with Crippen LogP contribution in [0.4, 0.5) is 0 Å². The van der Waals surface area contributed by atoms with E-state index in [0.717, 1.165) is 6.42 Å². The van der Waals surface area contributed by atoms with Crippen LogP contribution in [0.5, 0.6) is 5.75 Å². The molecule has 6 heteroatoms. The van der Waals surface area contributed by atoms with Crippen LogP contribution in [0.3, 0.4) is 0 Å². The Morgan fingerprint density at radius 3 is 2.65 bits per heavy atom. The van der Waals surface area contributed by atoms with Crippen LogP contribution in [0, 0.1) is 5.92 Å². The number of carboxylic acid groups (broad SMARTS) is 1. The molecular weight excluding hydrogens is 318 g/mol. The molecule has 5 nitrogen and oxygen atoms in total. The number of hydrogen-bond donors (Lipinski definition) is 2. The number of carboxylic acids is 1. The van der Waals surface area contributed by atoms with Crippen LogP contribution in [0.25, 0.3) is 0 Å². The molecule has 2 rings (SSSR count). The Morgan fingerprint density at radius 1 is 1.39 bits per heavy atom. The van der Waals surface area contributed by atoms with Gasteiger partial charge in [0.15, 0.2) is 6.04 Å². The minimum absolute atomic E-state index is 0.240. The zero-order valence-electron chi connectivity index (χ0n) is 13.2. The number of rotatable bonds is 7. The third-order valence-corrected chi connectivity index (χ3v) is 4.61. The van der Waals surface area contributed by atoms with Crippen molar-refractivity contribution in [1.29, 1.82) is 0 Å². The third kappa shape index (κ3) is 4.86. The summed E-state index contributed by atoms with van der Waals surface area (Å²) in [5, 5.41) is 12.3. The zero-order valence-corrected chi connectivity index (χ0v) is 13.9. The molecule has 1 aromatic rings. The molecule has 1 aliphatic carbocycles. The Labute approximate surface area is 141 Å². The van der Waals surface area contributed by atoms with Crippen LogP contribution in [-0.2, 0) is 9.59 Å². The molecule has 0 bridgehead atoms. The number of carbonyl (C=O) groups is 2. The highest BCUT2D eigenvalue weighted by Gasteiger charge is 2.24. The highest BCUT2D eigenvalue weighted by molar-refractivity contribution is 6.32. The maximum atomic E-state index is 12.1. The molecule has 126 valence electrons. The molecule has 1 atom stereocenters. The average molecular weight is 340 g/mol. The van der Waals surface area contributed by atoms with Crippen molar-refractivity contribution in [2.24, 2.45) is 5.92 Å². The molecule has 1 fully saturated rings. The molecule has 1 aromatic carbocycles. The molecule has 0 saturated heterocycles. The predicted octanol–water partition coefficient (Wildman–Crippen LogP) is 3.56. The van der Waals surface area contributed by atoms with Crippen molar-refractivity contribution in [3.05, 3.63) is 28.8 Å². The first-order valence-corrected chi connectivity index (χ1v) is 8.24. The minimum Gasteiger partial charge on any atom is -0.495 e. The monoisotopic (exact) mass is 339 g/mol. The molecule has 23 heavy (non-hydrogen) atoms. The number of halogens is 1. The minimum atomic E-state index is -1.11.